The van der Waals surface area contributed by atoms with Gasteiger partial charge in [-0.25, -0.2) is 0 Å². The SMILES string of the molecule is C[C@@H]1C[C@H]([C@H](O)C(=O)NCc2ccccc2)O[C@H]2[C@H]1[C@@]1(C)CC[C@@]34C[C@@]35CC[C@H](O)C(C)(C)[C@@H]5CC[C@H]4[C@]1(C)[C@H]2O. The maximum atomic E-state index is 13.0. The first-order valence-electron chi connectivity index (χ1n) is 16.3. The second kappa shape index (κ2) is 9.03. The summed E-state index contributed by atoms with van der Waals surface area (Å²) in [5.74, 6) is 1.01. The molecular weight excluding hydrogens is 514 g/mol. The average molecular weight is 566 g/mol. The van der Waals surface area contributed by atoms with E-state index in [1.807, 2.05) is 30.3 Å². The molecule has 5 saturated carbocycles. The number of fused-ring (bicyclic) bond motifs is 4. The van der Waals surface area contributed by atoms with Crippen molar-refractivity contribution in [2.45, 2.75) is 123 Å². The van der Waals surface area contributed by atoms with Crippen LogP contribution in [0.4, 0.5) is 0 Å². The molecule has 41 heavy (non-hydrogen) atoms. The van der Waals surface area contributed by atoms with Gasteiger partial charge in [0.15, 0.2) is 6.10 Å². The second-order valence-corrected chi connectivity index (χ2v) is 16.2. The van der Waals surface area contributed by atoms with Crippen molar-refractivity contribution in [3.63, 3.8) is 0 Å². The van der Waals surface area contributed by atoms with E-state index in [0.29, 0.717) is 30.2 Å². The molecule has 1 heterocycles. The molecule has 226 valence electrons. The number of hydrogen-bond donors (Lipinski definition) is 4. The summed E-state index contributed by atoms with van der Waals surface area (Å²) in [7, 11) is 0. The molecule has 4 N–H and O–H groups in total. The van der Waals surface area contributed by atoms with Crippen LogP contribution in [0, 0.1) is 50.7 Å². The lowest BCUT2D eigenvalue weighted by atomic mass is 9.41. The minimum atomic E-state index is -1.26. The molecule has 6 aliphatic rings. The number of carbonyl (C=O) groups excluding carboxylic acids is 1. The lowest BCUT2D eigenvalue weighted by Gasteiger charge is -2.63. The molecule has 1 amide bonds. The molecule has 5 aliphatic carbocycles. The Labute approximate surface area is 245 Å². The maximum absolute atomic E-state index is 13.0. The maximum Gasteiger partial charge on any atom is 0.251 e. The summed E-state index contributed by atoms with van der Waals surface area (Å²) in [5.41, 5.74) is 1.16. The molecule has 13 atom stereocenters. The van der Waals surface area contributed by atoms with Crippen LogP contribution < -0.4 is 5.32 Å². The Morgan fingerprint density at radius 1 is 1.00 bits per heavy atom. The highest BCUT2D eigenvalue weighted by Crippen LogP contribution is 2.89. The summed E-state index contributed by atoms with van der Waals surface area (Å²) < 4.78 is 6.63. The van der Waals surface area contributed by atoms with Crippen LogP contribution in [0.1, 0.15) is 91.5 Å². The van der Waals surface area contributed by atoms with Gasteiger partial charge in [-0.1, -0.05) is 65.0 Å². The first-order valence-corrected chi connectivity index (χ1v) is 16.3. The second-order valence-electron chi connectivity index (χ2n) is 16.2. The van der Waals surface area contributed by atoms with Crippen molar-refractivity contribution in [1.82, 2.24) is 5.32 Å². The van der Waals surface area contributed by atoms with Gasteiger partial charge in [0, 0.05) is 12.0 Å². The molecule has 0 bridgehead atoms. The largest absolute Gasteiger partial charge is 0.393 e. The summed E-state index contributed by atoms with van der Waals surface area (Å²) in [6.45, 7) is 12.0. The Morgan fingerprint density at radius 2 is 1.68 bits per heavy atom. The molecule has 1 aliphatic heterocycles. The monoisotopic (exact) mass is 565 g/mol. The van der Waals surface area contributed by atoms with Crippen molar-refractivity contribution >= 4 is 5.91 Å². The molecule has 1 saturated heterocycles. The van der Waals surface area contributed by atoms with Crippen LogP contribution in [0.25, 0.3) is 0 Å². The van der Waals surface area contributed by atoms with Crippen LogP contribution in [0.3, 0.4) is 0 Å². The Kier molecular flexibility index (Phi) is 6.23. The van der Waals surface area contributed by atoms with E-state index < -0.39 is 24.2 Å². The molecule has 1 aromatic rings. The van der Waals surface area contributed by atoms with E-state index >= 15 is 0 Å². The van der Waals surface area contributed by atoms with Crippen molar-refractivity contribution in [3.8, 4) is 0 Å². The fraction of sp³-hybridized carbons (Fsp3) is 0.800. The van der Waals surface area contributed by atoms with Crippen LogP contribution in [-0.4, -0.2) is 51.7 Å². The van der Waals surface area contributed by atoms with Gasteiger partial charge in [-0.2, -0.15) is 0 Å². The third-order valence-corrected chi connectivity index (χ3v) is 14.7. The fourth-order valence-electron chi connectivity index (χ4n) is 12.6. The van der Waals surface area contributed by atoms with E-state index in [9.17, 15) is 20.1 Å². The number of hydrogen-bond acceptors (Lipinski definition) is 5. The highest BCUT2D eigenvalue weighted by atomic mass is 16.5. The molecule has 0 aromatic heterocycles. The summed E-state index contributed by atoms with van der Waals surface area (Å²) in [6.07, 6.45) is 5.31. The quantitative estimate of drug-likeness (QED) is 0.419. The fourth-order valence-corrected chi connectivity index (χ4v) is 12.6. The normalized spacial score (nSPS) is 51.7. The van der Waals surface area contributed by atoms with Gasteiger partial charge in [0.25, 0.3) is 5.91 Å². The van der Waals surface area contributed by atoms with Crippen molar-refractivity contribution in [3.05, 3.63) is 35.9 Å². The topological polar surface area (TPSA) is 99.0 Å². The zero-order valence-corrected chi connectivity index (χ0v) is 25.6. The molecule has 0 radical (unpaired) electrons. The zero-order valence-electron chi connectivity index (χ0n) is 25.6. The minimum Gasteiger partial charge on any atom is -0.393 e. The molecule has 1 aromatic carbocycles. The lowest BCUT2D eigenvalue weighted by Crippen LogP contribution is -2.59. The molecule has 7 rings (SSSR count). The molecule has 6 heteroatoms. The third kappa shape index (κ3) is 3.48. The van der Waals surface area contributed by atoms with E-state index in [4.69, 9.17) is 4.74 Å². The Morgan fingerprint density at radius 3 is 2.41 bits per heavy atom. The summed E-state index contributed by atoms with van der Waals surface area (Å²) in [4.78, 5) is 13.0. The summed E-state index contributed by atoms with van der Waals surface area (Å²) in [5, 5.41) is 37.3. The Balaban J connectivity index is 1.13. The lowest BCUT2D eigenvalue weighted by molar-refractivity contribution is -0.184. The predicted molar refractivity (Wildman–Crippen MR) is 156 cm³/mol. The van der Waals surface area contributed by atoms with Crippen molar-refractivity contribution in [2.75, 3.05) is 0 Å². The van der Waals surface area contributed by atoms with Gasteiger partial charge in [-0.3, -0.25) is 4.79 Å². The number of ether oxygens (including phenoxy) is 1. The van der Waals surface area contributed by atoms with Gasteiger partial charge in [-0.15, -0.1) is 0 Å². The number of amides is 1. The first-order chi connectivity index (χ1) is 19.3. The van der Waals surface area contributed by atoms with Crippen LogP contribution in [0.5, 0.6) is 0 Å². The predicted octanol–water partition coefficient (Wildman–Crippen LogP) is 4.84. The van der Waals surface area contributed by atoms with E-state index in [-0.39, 0.29) is 45.7 Å². The van der Waals surface area contributed by atoms with E-state index in [2.05, 4.69) is 39.9 Å². The summed E-state index contributed by atoms with van der Waals surface area (Å²) >= 11 is 0. The van der Waals surface area contributed by atoms with Crippen LogP contribution in [0.2, 0.25) is 0 Å². The Bertz CT molecular complexity index is 1200. The number of aliphatic hydroxyl groups excluding tert-OH is 3. The molecular formula is C35H51NO5. The van der Waals surface area contributed by atoms with Gasteiger partial charge in [0.1, 0.15) is 0 Å². The standard InChI is InChI=1S/C35H51NO5/c1-20-17-22(27(38)30(40)36-18-21-9-7-6-8-10-21)41-28-26(20)32(4)15-16-35-19-34(35)14-13-25(37)31(2,3)23(34)11-12-24(35)33(32,5)29(28)39/h6-10,20,22-29,37-39H,11-19H2,1-5H3,(H,36,40)/t20-,22-,23+,24+,25+,26+,27+,28+,29+,32-,33-,34-,35+/m1/s1. The number of benzene rings is 1. The molecule has 6 nitrogen and oxygen atoms in total. The summed E-state index contributed by atoms with van der Waals surface area (Å²) in [6, 6.07) is 9.72. The molecule has 6 fully saturated rings. The molecule has 2 spiro atoms. The van der Waals surface area contributed by atoms with Crippen LogP contribution in [-0.2, 0) is 16.1 Å². The number of aliphatic hydroxyl groups is 3. The van der Waals surface area contributed by atoms with E-state index in [1.165, 1.54) is 12.8 Å². The van der Waals surface area contributed by atoms with Gasteiger partial charge in [0.2, 0.25) is 0 Å². The molecule has 0 unspecified atom stereocenters. The Hall–Kier alpha value is -1.47. The van der Waals surface area contributed by atoms with E-state index in [0.717, 1.165) is 37.7 Å². The smallest absolute Gasteiger partial charge is 0.251 e. The highest BCUT2D eigenvalue weighted by molar-refractivity contribution is 5.81. The van der Waals surface area contributed by atoms with Crippen molar-refractivity contribution < 1.29 is 24.9 Å². The third-order valence-electron chi connectivity index (χ3n) is 14.7. The minimum absolute atomic E-state index is 0.0568. The van der Waals surface area contributed by atoms with Gasteiger partial charge in [0.05, 0.1) is 24.4 Å². The van der Waals surface area contributed by atoms with E-state index in [1.54, 1.807) is 0 Å². The van der Waals surface area contributed by atoms with Crippen LogP contribution >= 0.6 is 0 Å². The van der Waals surface area contributed by atoms with Crippen LogP contribution in [0.15, 0.2) is 30.3 Å². The zero-order chi connectivity index (χ0) is 29.2. The number of rotatable bonds is 4. The van der Waals surface area contributed by atoms with Gasteiger partial charge < -0.3 is 25.4 Å². The van der Waals surface area contributed by atoms with Crippen molar-refractivity contribution in [1.29, 1.82) is 0 Å². The van der Waals surface area contributed by atoms with Crippen molar-refractivity contribution in [2.24, 2.45) is 50.7 Å². The average Bonchev–Trinajstić information content (AvgIpc) is 3.59. The highest BCUT2D eigenvalue weighted by Gasteiger charge is 2.84. The van der Waals surface area contributed by atoms with Gasteiger partial charge in [-0.05, 0) is 102 Å². The first kappa shape index (κ1) is 28.3. The number of carbonyl (C=O) groups is 1. The van der Waals surface area contributed by atoms with Gasteiger partial charge >= 0.3 is 0 Å². The number of nitrogens with one attached hydrogen (secondary N) is 1.